The summed E-state index contributed by atoms with van der Waals surface area (Å²) >= 11 is 0. The van der Waals surface area contributed by atoms with Crippen LogP contribution < -0.4 is 0 Å². The summed E-state index contributed by atoms with van der Waals surface area (Å²) in [7, 11) is 0. The highest BCUT2D eigenvalue weighted by atomic mass is 16.8. The molecule has 1 saturated carbocycles. The van der Waals surface area contributed by atoms with E-state index in [9.17, 15) is 4.79 Å². The van der Waals surface area contributed by atoms with Crippen molar-refractivity contribution < 1.29 is 19.0 Å². The molecule has 0 aromatic rings. The van der Waals surface area contributed by atoms with Gasteiger partial charge in [0.05, 0.1) is 0 Å². The maximum absolute atomic E-state index is 11.3. The molecule has 3 aliphatic heterocycles. The van der Waals surface area contributed by atoms with E-state index in [2.05, 4.69) is 13.8 Å². The predicted molar refractivity (Wildman–Crippen MR) is 63.0 cm³/mol. The fraction of sp³-hybridized carbons (Fsp3) is 0.929. The molecule has 4 heteroatoms. The van der Waals surface area contributed by atoms with Crippen LogP contribution in [0.1, 0.15) is 33.1 Å². The van der Waals surface area contributed by atoms with Crippen LogP contribution in [0.25, 0.3) is 0 Å². The van der Waals surface area contributed by atoms with Crippen molar-refractivity contribution in [1.29, 1.82) is 0 Å². The zero-order valence-electron chi connectivity index (χ0n) is 10.9. The van der Waals surface area contributed by atoms with Crippen LogP contribution in [0, 0.1) is 23.7 Å². The molecule has 4 nitrogen and oxygen atoms in total. The lowest BCUT2D eigenvalue weighted by atomic mass is 9.73. The van der Waals surface area contributed by atoms with E-state index in [0.29, 0.717) is 11.8 Å². The molecule has 4 aliphatic rings. The first-order valence-electron chi connectivity index (χ1n) is 7.27. The third-order valence-corrected chi connectivity index (χ3v) is 5.70. The average Bonchev–Trinajstić information content (AvgIpc) is 3.03. The number of carbonyl (C=O) groups is 1. The molecule has 18 heavy (non-hydrogen) atoms. The highest BCUT2D eigenvalue weighted by Gasteiger charge is 2.69. The number of rotatable bonds is 2. The molecule has 100 valence electrons. The summed E-state index contributed by atoms with van der Waals surface area (Å²) in [6, 6.07) is 0. The van der Waals surface area contributed by atoms with Crippen molar-refractivity contribution in [2.24, 2.45) is 23.7 Å². The van der Waals surface area contributed by atoms with Crippen molar-refractivity contribution >= 4 is 6.16 Å². The van der Waals surface area contributed by atoms with Crippen LogP contribution in [-0.2, 0) is 14.2 Å². The minimum absolute atomic E-state index is 0.0953. The Morgan fingerprint density at radius 1 is 0.944 bits per heavy atom. The Labute approximate surface area is 107 Å². The minimum Gasteiger partial charge on any atom is -0.424 e. The van der Waals surface area contributed by atoms with E-state index in [4.69, 9.17) is 14.2 Å². The number of carbonyl (C=O) groups excluding carboxylic acids is 1. The van der Waals surface area contributed by atoms with Crippen LogP contribution in [0.5, 0.6) is 0 Å². The van der Waals surface area contributed by atoms with Crippen LogP contribution in [0.4, 0.5) is 4.79 Å². The predicted octanol–water partition coefficient (Wildman–Crippen LogP) is 2.36. The van der Waals surface area contributed by atoms with Gasteiger partial charge in [-0.15, -0.1) is 0 Å². The lowest BCUT2D eigenvalue weighted by molar-refractivity contribution is -0.00482. The molecule has 3 heterocycles. The van der Waals surface area contributed by atoms with Gasteiger partial charge in [0.2, 0.25) is 0 Å². The molecule has 0 N–H and O–H groups in total. The maximum atomic E-state index is 11.3. The third kappa shape index (κ3) is 1.18. The summed E-state index contributed by atoms with van der Waals surface area (Å²) in [5.74, 6) is 2.63. The number of hydrogen-bond acceptors (Lipinski definition) is 4. The molecule has 8 atom stereocenters. The molecule has 0 spiro atoms. The fourth-order valence-electron chi connectivity index (χ4n) is 5.03. The van der Waals surface area contributed by atoms with Crippen LogP contribution in [0.3, 0.4) is 0 Å². The van der Waals surface area contributed by atoms with Gasteiger partial charge in [-0.05, 0) is 30.1 Å². The molecule has 2 bridgehead atoms. The molecule has 0 aromatic heterocycles. The minimum atomic E-state index is -0.496. The Morgan fingerprint density at radius 2 is 1.44 bits per heavy atom. The molecule has 4 rings (SSSR count). The first-order chi connectivity index (χ1) is 8.74. The Kier molecular flexibility index (Phi) is 2.23. The zero-order chi connectivity index (χ0) is 12.4. The van der Waals surface area contributed by atoms with Crippen LogP contribution in [0.15, 0.2) is 0 Å². The quantitative estimate of drug-likeness (QED) is 0.708. The lowest BCUT2D eigenvalue weighted by Gasteiger charge is -2.31. The second kappa shape index (κ2) is 3.62. The van der Waals surface area contributed by atoms with E-state index in [-0.39, 0.29) is 24.4 Å². The Bertz CT molecular complexity index is 350. The number of hydrogen-bond donors (Lipinski definition) is 0. The van der Waals surface area contributed by atoms with E-state index in [1.54, 1.807) is 0 Å². The largest absolute Gasteiger partial charge is 0.509 e. The highest BCUT2D eigenvalue weighted by molar-refractivity contribution is 5.63. The number of ether oxygens (including phenoxy) is 3. The highest BCUT2D eigenvalue weighted by Crippen LogP contribution is 2.60. The van der Waals surface area contributed by atoms with Crippen LogP contribution in [-0.4, -0.2) is 30.6 Å². The van der Waals surface area contributed by atoms with Gasteiger partial charge in [0.25, 0.3) is 0 Å². The second-order valence-electron chi connectivity index (χ2n) is 6.21. The third-order valence-electron chi connectivity index (χ3n) is 5.70. The maximum Gasteiger partial charge on any atom is 0.509 e. The smallest absolute Gasteiger partial charge is 0.424 e. The molecular formula is C14H20O4. The van der Waals surface area contributed by atoms with Crippen molar-refractivity contribution in [1.82, 2.24) is 0 Å². The van der Waals surface area contributed by atoms with Crippen LogP contribution in [0.2, 0.25) is 0 Å². The first-order valence-corrected chi connectivity index (χ1v) is 7.27. The normalized spacial score (nSPS) is 56.2. The zero-order valence-corrected chi connectivity index (χ0v) is 10.9. The topological polar surface area (TPSA) is 44.8 Å². The summed E-state index contributed by atoms with van der Waals surface area (Å²) < 4.78 is 16.7. The monoisotopic (exact) mass is 252 g/mol. The molecule has 3 saturated heterocycles. The van der Waals surface area contributed by atoms with E-state index in [1.165, 1.54) is 19.3 Å². The van der Waals surface area contributed by atoms with Gasteiger partial charge in [-0.2, -0.15) is 0 Å². The lowest BCUT2D eigenvalue weighted by Crippen LogP contribution is -2.45. The molecule has 8 unspecified atom stereocenters. The van der Waals surface area contributed by atoms with Gasteiger partial charge < -0.3 is 14.2 Å². The van der Waals surface area contributed by atoms with Crippen molar-refractivity contribution in [3.8, 4) is 0 Å². The fourth-order valence-corrected chi connectivity index (χ4v) is 5.03. The number of fused-ring (bicyclic) bond motifs is 8. The van der Waals surface area contributed by atoms with E-state index in [0.717, 1.165) is 11.8 Å². The van der Waals surface area contributed by atoms with Gasteiger partial charge in [0, 0.05) is 0 Å². The van der Waals surface area contributed by atoms with Crippen LogP contribution >= 0.6 is 0 Å². The standard InChI is InChI=1S/C14H20O4/c1-3-6-5-7(4-2)9-8(6)10-12-13(11(9)16-10)18-14(15)17-12/h6-13H,3-5H2,1-2H3. The molecular weight excluding hydrogens is 232 g/mol. The van der Waals surface area contributed by atoms with E-state index >= 15 is 0 Å². The van der Waals surface area contributed by atoms with Gasteiger partial charge in [-0.3, -0.25) is 0 Å². The average molecular weight is 252 g/mol. The summed E-state index contributed by atoms with van der Waals surface area (Å²) in [5, 5.41) is 0. The van der Waals surface area contributed by atoms with Gasteiger partial charge >= 0.3 is 6.16 Å². The van der Waals surface area contributed by atoms with Gasteiger partial charge in [0.1, 0.15) is 12.2 Å². The van der Waals surface area contributed by atoms with Crippen molar-refractivity contribution in [2.45, 2.75) is 57.5 Å². The summed E-state index contributed by atoms with van der Waals surface area (Å²) in [6.07, 6.45) is 3.15. The molecule has 0 amide bonds. The summed E-state index contributed by atoms with van der Waals surface area (Å²) in [6.45, 7) is 4.53. The molecule has 4 fully saturated rings. The molecule has 0 aromatic carbocycles. The van der Waals surface area contributed by atoms with Crippen molar-refractivity contribution in [2.75, 3.05) is 0 Å². The Balaban J connectivity index is 1.67. The SMILES string of the molecule is CCC1CC(CC)C2C3OC(C4OC(=O)OC43)C12. The van der Waals surface area contributed by atoms with Crippen molar-refractivity contribution in [3.63, 3.8) is 0 Å². The summed E-state index contributed by atoms with van der Waals surface area (Å²) in [4.78, 5) is 11.3. The van der Waals surface area contributed by atoms with Gasteiger partial charge in [-0.25, -0.2) is 4.79 Å². The Morgan fingerprint density at radius 3 is 1.89 bits per heavy atom. The second-order valence-corrected chi connectivity index (χ2v) is 6.21. The first kappa shape index (κ1) is 11.1. The van der Waals surface area contributed by atoms with E-state index in [1.807, 2.05) is 0 Å². The molecule has 1 aliphatic carbocycles. The van der Waals surface area contributed by atoms with Gasteiger partial charge in [0.15, 0.2) is 12.2 Å². The molecule has 0 radical (unpaired) electrons. The van der Waals surface area contributed by atoms with Crippen molar-refractivity contribution in [3.05, 3.63) is 0 Å². The van der Waals surface area contributed by atoms with E-state index < -0.39 is 6.16 Å². The van der Waals surface area contributed by atoms with Gasteiger partial charge in [-0.1, -0.05) is 26.7 Å². The Hall–Kier alpha value is -0.770. The summed E-state index contributed by atoms with van der Waals surface area (Å²) in [5.41, 5.74) is 0.